The summed E-state index contributed by atoms with van der Waals surface area (Å²) in [5.74, 6) is -0.837. The van der Waals surface area contributed by atoms with Crippen molar-refractivity contribution >= 4 is 11.9 Å². The molecule has 0 aliphatic carbocycles. The van der Waals surface area contributed by atoms with Crippen LogP contribution in [0.5, 0.6) is 0 Å². The predicted octanol–water partition coefficient (Wildman–Crippen LogP) is 1.80. The summed E-state index contributed by atoms with van der Waals surface area (Å²) in [6.45, 7) is 12.3. The average molecular weight is 271 g/mol. The Balaban J connectivity index is 4.11. The molecule has 0 saturated carbocycles. The summed E-state index contributed by atoms with van der Waals surface area (Å²) < 4.78 is 9.91. The van der Waals surface area contributed by atoms with Gasteiger partial charge in [-0.25, -0.2) is 4.79 Å². The monoisotopic (exact) mass is 271 g/mol. The summed E-state index contributed by atoms with van der Waals surface area (Å²) in [5.41, 5.74) is 5.10. The number of esters is 2. The van der Waals surface area contributed by atoms with Crippen LogP contribution in [0.25, 0.3) is 0 Å². The molecule has 0 aromatic carbocycles. The van der Waals surface area contributed by atoms with Crippen LogP contribution in [0.2, 0.25) is 0 Å². The molecule has 0 atom stereocenters. The quantitative estimate of drug-likeness (QED) is 0.434. The molecule has 5 nitrogen and oxygen atoms in total. The molecule has 0 fully saturated rings. The van der Waals surface area contributed by atoms with Gasteiger partial charge in [-0.3, -0.25) is 4.79 Å². The molecule has 0 aliphatic rings. The first-order valence-corrected chi connectivity index (χ1v) is 6.24. The second-order valence-corrected chi connectivity index (χ2v) is 6.10. The van der Waals surface area contributed by atoms with Crippen LogP contribution in [-0.2, 0) is 19.1 Å². The number of carbonyl (C=O) groups is 2. The van der Waals surface area contributed by atoms with Crippen LogP contribution in [0.4, 0.5) is 0 Å². The van der Waals surface area contributed by atoms with Crippen molar-refractivity contribution in [3.8, 4) is 0 Å². The highest BCUT2D eigenvalue weighted by atomic mass is 16.6. The van der Waals surface area contributed by atoms with Gasteiger partial charge in [0, 0.05) is 11.1 Å². The fourth-order valence-corrected chi connectivity index (χ4v) is 1.80. The molecule has 19 heavy (non-hydrogen) atoms. The zero-order valence-corrected chi connectivity index (χ0v) is 12.5. The first-order valence-electron chi connectivity index (χ1n) is 6.24. The summed E-state index contributed by atoms with van der Waals surface area (Å²) in [6, 6.07) is 0. The fraction of sp³-hybridized carbons (Fsp3) is 0.714. The second-order valence-electron chi connectivity index (χ2n) is 6.10. The van der Waals surface area contributed by atoms with Crippen molar-refractivity contribution in [2.75, 3.05) is 13.2 Å². The minimum Gasteiger partial charge on any atom is -0.462 e. The molecule has 0 aromatic rings. The van der Waals surface area contributed by atoms with Gasteiger partial charge in [-0.1, -0.05) is 6.58 Å². The molecule has 110 valence electrons. The lowest BCUT2D eigenvalue weighted by Gasteiger charge is -2.30. The minimum atomic E-state index is -0.670. The van der Waals surface area contributed by atoms with Gasteiger partial charge >= 0.3 is 11.9 Å². The first-order chi connectivity index (χ1) is 8.46. The van der Waals surface area contributed by atoms with Crippen LogP contribution in [0.1, 0.15) is 41.0 Å². The number of rotatable bonds is 7. The lowest BCUT2D eigenvalue weighted by Crippen LogP contribution is -2.41. The number of hydrogen-bond acceptors (Lipinski definition) is 5. The van der Waals surface area contributed by atoms with E-state index < -0.39 is 16.9 Å². The van der Waals surface area contributed by atoms with Crippen molar-refractivity contribution in [1.82, 2.24) is 0 Å². The van der Waals surface area contributed by atoms with E-state index in [2.05, 4.69) is 6.58 Å². The molecule has 0 saturated heterocycles. The zero-order valence-electron chi connectivity index (χ0n) is 12.5. The molecular formula is C14H25NO4. The summed E-state index contributed by atoms with van der Waals surface area (Å²) >= 11 is 0. The van der Waals surface area contributed by atoms with Gasteiger partial charge in [0.15, 0.2) is 0 Å². The molecular weight excluding hydrogens is 246 g/mol. The molecule has 0 aliphatic heterocycles. The molecule has 0 spiro atoms. The number of carbonyl (C=O) groups excluding carboxylic acids is 2. The number of hydrogen-bond donors (Lipinski definition) is 1. The van der Waals surface area contributed by atoms with Crippen molar-refractivity contribution < 1.29 is 19.1 Å². The Morgan fingerprint density at radius 1 is 1.11 bits per heavy atom. The third-order valence-electron chi connectivity index (χ3n) is 2.35. The topological polar surface area (TPSA) is 78.6 Å². The zero-order chi connectivity index (χ0) is 15.3. The van der Waals surface area contributed by atoms with E-state index in [1.165, 1.54) is 0 Å². The molecule has 0 bridgehead atoms. The van der Waals surface area contributed by atoms with Crippen LogP contribution < -0.4 is 5.73 Å². The minimum absolute atomic E-state index is 0.0273. The van der Waals surface area contributed by atoms with Crippen LogP contribution in [0.15, 0.2) is 12.2 Å². The van der Waals surface area contributed by atoms with Crippen molar-refractivity contribution in [3.05, 3.63) is 12.2 Å². The number of ether oxygens (including phenoxy) is 2. The van der Waals surface area contributed by atoms with Gasteiger partial charge in [-0.2, -0.15) is 0 Å². The molecule has 0 amide bonds. The third kappa shape index (κ3) is 7.62. The summed E-state index contributed by atoms with van der Waals surface area (Å²) in [5, 5.41) is 0. The van der Waals surface area contributed by atoms with E-state index in [0.29, 0.717) is 12.0 Å². The normalized spacial score (nSPS) is 11.9. The van der Waals surface area contributed by atoms with E-state index in [1.807, 2.05) is 13.8 Å². The Hall–Kier alpha value is -1.36. The molecule has 0 unspecified atom stereocenters. The van der Waals surface area contributed by atoms with Gasteiger partial charge in [0.1, 0.15) is 13.2 Å². The van der Waals surface area contributed by atoms with Crippen LogP contribution in [-0.4, -0.2) is 30.7 Å². The van der Waals surface area contributed by atoms with Gasteiger partial charge in [0.25, 0.3) is 0 Å². The highest BCUT2D eigenvalue weighted by Crippen LogP contribution is 2.27. The van der Waals surface area contributed by atoms with Crippen LogP contribution in [0.3, 0.4) is 0 Å². The Morgan fingerprint density at radius 2 is 1.58 bits per heavy atom. The Morgan fingerprint density at radius 3 is 2.00 bits per heavy atom. The Bertz CT molecular complexity index is 353. The smallest absolute Gasteiger partial charge is 0.333 e. The molecule has 0 radical (unpaired) electrons. The highest BCUT2D eigenvalue weighted by molar-refractivity contribution is 5.86. The SMILES string of the molecule is C=C(C)C(=O)OCCOC(=O)C(C)(C)CC(C)(C)N. The fourth-order valence-electron chi connectivity index (χ4n) is 1.80. The maximum absolute atomic E-state index is 11.9. The van der Waals surface area contributed by atoms with E-state index in [4.69, 9.17) is 15.2 Å². The Kier molecular flexibility index (Phi) is 6.22. The molecule has 2 N–H and O–H groups in total. The van der Waals surface area contributed by atoms with Gasteiger partial charge in [-0.15, -0.1) is 0 Å². The third-order valence-corrected chi connectivity index (χ3v) is 2.35. The van der Waals surface area contributed by atoms with Gasteiger partial charge in [0.2, 0.25) is 0 Å². The largest absolute Gasteiger partial charge is 0.462 e. The van der Waals surface area contributed by atoms with Crippen molar-refractivity contribution in [2.24, 2.45) is 11.1 Å². The van der Waals surface area contributed by atoms with Gasteiger partial charge in [0.05, 0.1) is 5.41 Å². The maximum Gasteiger partial charge on any atom is 0.333 e. The standard InChI is InChI=1S/C14H25NO4/c1-10(2)11(16)18-7-8-19-12(17)13(3,4)9-14(5,6)15/h1,7-9,15H2,2-6H3. The first kappa shape index (κ1) is 17.6. The highest BCUT2D eigenvalue weighted by Gasteiger charge is 2.34. The predicted molar refractivity (Wildman–Crippen MR) is 73.4 cm³/mol. The van der Waals surface area contributed by atoms with E-state index in [-0.39, 0.29) is 19.2 Å². The molecule has 0 rings (SSSR count). The maximum atomic E-state index is 11.9. The number of nitrogens with two attached hydrogens (primary N) is 1. The molecule has 0 heterocycles. The van der Waals surface area contributed by atoms with Crippen molar-refractivity contribution in [1.29, 1.82) is 0 Å². The molecule has 5 heteroatoms. The van der Waals surface area contributed by atoms with Crippen molar-refractivity contribution in [2.45, 2.75) is 46.6 Å². The van der Waals surface area contributed by atoms with E-state index in [9.17, 15) is 9.59 Å². The second kappa shape index (κ2) is 6.70. The molecule has 0 aromatic heterocycles. The van der Waals surface area contributed by atoms with Crippen LogP contribution >= 0.6 is 0 Å². The average Bonchev–Trinajstić information content (AvgIpc) is 2.19. The lowest BCUT2D eigenvalue weighted by molar-refractivity contribution is -0.158. The van der Waals surface area contributed by atoms with E-state index >= 15 is 0 Å². The summed E-state index contributed by atoms with van der Waals surface area (Å²) in [4.78, 5) is 23.0. The summed E-state index contributed by atoms with van der Waals surface area (Å²) in [7, 11) is 0. The summed E-state index contributed by atoms with van der Waals surface area (Å²) in [6.07, 6.45) is 0.504. The van der Waals surface area contributed by atoms with Gasteiger partial charge < -0.3 is 15.2 Å². The van der Waals surface area contributed by atoms with Crippen LogP contribution in [0, 0.1) is 5.41 Å². The van der Waals surface area contributed by atoms with Crippen molar-refractivity contribution in [3.63, 3.8) is 0 Å². The van der Waals surface area contributed by atoms with E-state index in [0.717, 1.165) is 0 Å². The lowest BCUT2D eigenvalue weighted by atomic mass is 9.80. The Labute approximate surface area is 115 Å². The van der Waals surface area contributed by atoms with E-state index in [1.54, 1.807) is 20.8 Å². The van der Waals surface area contributed by atoms with Gasteiger partial charge in [-0.05, 0) is 41.0 Å².